The van der Waals surface area contributed by atoms with E-state index in [2.05, 4.69) is 20.9 Å². The van der Waals surface area contributed by atoms with Crippen LogP contribution in [0, 0.1) is 0 Å². The molecule has 4 amide bonds. The monoisotopic (exact) mass is 588 g/mol. The number of amides is 4. The van der Waals surface area contributed by atoms with Crippen molar-refractivity contribution in [3.8, 4) is 0 Å². The molecule has 10 heteroatoms. The molecule has 0 aliphatic carbocycles. The van der Waals surface area contributed by atoms with Crippen molar-refractivity contribution in [1.29, 1.82) is 0 Å². The Bertz CT molecular complexity index is 1370. The summed E-state index contributed by atoms with van der Waals surface area (Å²) in [6, 6.07) is 21.6. The van der Waals surface area contributed by atoms with Gasteiger partial charge in [0.1, 0.15) is 5.60 Å². The second-order valence-electron chi connectivity index (χ2n) is 11.8. The van der Waals surface area contributed by atoms with E-state index in [-0.39, 0.29) is 11.9 Å². The summed E-state index contributed by atoms with van der Waals surface area (Å²) in [5.41, 5.74) is 3.34. The van der Waals surface area contributed by atoms with Crippen molar-refractivity contribution in [2.45, 2.75) is 39.3 Å². The third-order valence-corrected chi connectivity index (χ3v) is 6.36. The van der Waals surface area contributed by atoms with Crippen molar-refractivity contribution in [3.05, 3.63) is 83.9 Å². The molecule has 0 aromatic heterocycles. The molecule has 0 aliphatic rings. The minimum atomic E-state index is -0.649. The fourth-order valence-corrected chi connectivity index (χ4v) is 4.17. The van der Waals surface area contributed by atoms with Crippen LogP contribution in [0.15, 0.2) is 72.8 Å². The molecule has 0 aliphatic heterocycles. The van der Waals surface area contributed by atoms with Crippen molar-refractivity contribution >= 4 is 40.8 Å². The lowest BCUT2D eigenvalue weighted by Crippen LogP contribution is -2.36. The fraction of sp³-hybridized carbons (Fsp3) is 0.364. The number of nitrogens with zero attached hydrogens (tertiary/aromatic N) is 3. The zero-order chi connectivity index (χ0) is 31.6. The van der Waals surface area contributed by atoms with Gasteiger partial charge in [-0.2, -0.15) is 0 Å². The van der Waals surface area contributed by atoms with E-state index in [4.69, 9.17) is 4.74 Å². The first-order valence-corrected chi connectivity index (χ1v) is 14.3. The van der Waals surface area contributed by atoms with Crippen LogP contribution in [0.4, 0.5) is 32.3 Å². The smallest absolute Gasteiger partial charge is 0.412 e. The van der Waals surface area contributed by atoms with Gasteiger partial charge >= 0.3 is 12.1 Å². The van der Waals surface area contributed by atoms with Crippen LogP contribution in [-0.2, 0) is 11.3 Å². The topological polar surface area (TPSA) is 106 Å². The van der Waals surface area contributed by atoms with E-state index in [0.717, 1.165) is 29.9 Å². The summed E-state index contributed by atoms with van der Waals surface area (Å²) in [6.45, 7) is 7.16. The van der Waals surface area contributed by atoms with Crippen molar-refractivity contribution < 1.29 is 19.1 Å². The lowest BCUT2D eigenvalue weighted by molar-refractivity contribution is 0.0635. The summed E-state index contributed by atoms with van der Waals surface area (Å²) in [4.78, 5) is 44.5. The number of benzene rings is 3. The average molecular weight is 589 g/mol. The van der Waals surface area contributed by atoms with Crippen molar-refractivity contribution in [2.75, 3.05) is 62.1 Å². The third kappa shape index (κ3) is 11.0. The van der Waals surface area contributed by atoms with Crippen LogP contribution in [0.5, 0.6) is 0 Å². The van der Waals surface area contributed by atoms with E-state index in [0.29, 0.717) is 30.0 Å². The van der Waals surface area contributed by atoms with Gasteiger partial charge in [-0.25, -0.2) is 9.59 Å². The number of carbonyl (C=O) groups excluding carboxylic acids is 3. The Labute approximate surface area is 255 Å². The van der Waals surface area contributed by atoms with Gasteiger partial charge in [-0.1, -0.05) is 24.3 Å². The molecule has 0 heterocycles. The van der Waals surface area contributed by atoms with Gasteiger partial charge in [0.15, 0.2) is 0 Å². The van der Waals surface area contributed by atoms with Crippen LogP contribution < -0.4 is 20.9 Å². The Morgan fingerprint density at radius 1 is 0.744 bits per heavy atom. The molecule has 0 saturated heterocycles. The minimum Gasteiger partial charge on any atom is -0.444 e. The highest BCUT2D eigenvalue weighted by molar-refractivity contribution is 6.06. The highest BCUT2D eigenvalue weighted by Crippen LogP contribution is 2.23. The quantitative estimate of drug-likeness (QED) is 0.242. The van der Waals surface area contributed by atoms with Crippen molar-refractivity contribution in [3.63, 3.8) is 0 Å². The molecule has 0 radical (unpaired) electrons. The molecule has 0 spiro atoms. The van der Waals surface area contributed by atoms with Crippen LogP contribution in [0.1, 0.15) is 43.1 Å². The summed E-state index contributed by atoms with van der Waals surface area (Å²) >= 11 is 0. The predicted octanol–water partition coefficient (Wildman–Crippen LogP) is 6.34. The number of anilines is 4. The number of para-hydroxylation sites is 2. The SMILES string of the molecule is CN(C)CCCN(Cc1ccc(C(=O)Nc2ccccc2NC(=O)OC(C)(C)C)cc1)C(=O)Nc1ccc(N(C)C)cc1. The van der Waals surface area contributed by atoms with Gasteiger partial charge in [-0.3, -0.25) is 10.1 Å². The summed E-state index contributed by atoms with van der Waals surface area (Å²) in [5, 5.41) is 8.55. The van der Waals surface area contributed by atoms with Gasteiger partial charge in [0, 0.05) is 44.1 Å². The number of carbonyl (C=O) groups is 3. The maximum Gasteiger partial charge on any atom is 0.412 e. The number of ether oxygens (including phenoxy) is 1. The highest BCUT2D eigenvalue weighted by Gasteiger charge is 2.19. The Kier molecular flexibility index (Phi) is 11.5. The molecule has 10 nitrogen and oxygen atoms in total. The van der Waals surface area contributed by atoms with Gasteiger partial charge < -0.3 is 30.1 Å². The Morgan fingerprint density at radius 3 is 1.91 bits per heavy atom. The highest BCUT2D eigenvalue weighted by atomic mass is 16.6. The van der Waals surface area contributed by atoms with Crippen LogP contribution in [0.3, 0.4) is 0 Å². The maximum absolute atomic E-state index is 13.3. The molecule has 3 aromatic carbocycles. The van der Waals surface area contributed by atoms with Crippen molar-refractivity contribution in [1.82, 2.24) is 9.80 Å². The number of urea groups is 1. The summed E-state index contributed by atoms with van der Waals surface area (Å²) in [5.74, 6) is -0.327. The third-order valence-electron chi connectivity index (χ3n) is 6.36. The second kappa shape index (κ2) is 15.1. The standard InChI is InChI=1S/C33H44N6O4/c1-33(2,3)43-32(42)36-29-12-9-8-11-28(29)35-30(40)25-15-13-24(14-16-25)23-39(22-10-21-37(4)5)31(41)34-26-17-19-27(20-18-26)38(6)7/h8-9,11-20H,10,21-23H2,1-7H3,(H,34,41)(H,35,40)(H,36,42). The molecule has 0 saturated carbocycles. The zero-order valence-electron chi connectivity index (χ0n) is 26.2. The average Bonchev–Trinajstić information content (AvgIpc) is 2.93. The summed E-state index contributed by atoms with van der Waals surface area (Å²) in [7, 11) is 7.95. The molecule has 230 valence electrons. The summed E-state index contributed by atoms with van der Waals surface area (Å²) in [6.07, 6.45) is 0.209. The van der Waals surface area contributed by atoms with Crippen LogP contribution in [0.25, 0.3) is 0 Å². The lowest BCUT2D eigenvalue weighted by atomic mass is 10.1. The van der Waals surface area contributed by atoms with E-state index in [1.54, 1.807) is 62.1 Å². The number of hydrogen-bond acceptors (Lipinski definition) is 6. The lowest BCUT2D eigenvalue weighted by Gasteiger charge is -2.24. The van der Waals surface area contributed by atoms with Gasteiger partial charge in [-0.05, 0) is 102 Å². The van der Waals surface area contributed by atoms with Crippen molar-refractivity contribution in [2.24, 2.45) is 0 Å². The van der Waals surface area contributed by atoms with Crippen LogP contribution >= 0.6 is 0 Å². The predicted molar refractivity (Wildman–Crippen MR) is 174 cm³/mol. The summed E-state index contributed by atoms with van der Waals surface area (Å²) < 4.78 is 5.33. The Morgan fingerprint density at radius 2 is 1.35 bits per heavy atom. The number of nitrogens with one attached hydrogen (secondary N) is 3. The fourth-order valence-electron chi connectivity index (χ4n) is 4.17. The molecule has 0 unspecified atom stereocenters. The zero-order valence-corrected chi connectivity index (χ0v) is 26.2. The molecule has 0 bridgehead atoms. The van der Waals surface area contributed by atoms with Gasteiger partial charge in [-0.15, -0.1) is 0 Å². The second-order valence-corrected chi connectivity index (χ2v) is 11.8. The van der Waals surface area contributed by atoms with E-state index in [1.165, 1.54) is 0 Å². The van der Waals surface area contributed by atoms with E-state index >= 15 is 0 Å². The van der Waals surface area contributed by atoms with Gasteiger partial charge in [0.2, 0.25) is 0 Å². The van der Waals surface area contributed by atoms with E-state index in [9.17, 15) is 14.4 Å². The van der Waals surface area contributed by atoms with E-state index < -0.39 is 11.7 Å². The number of rotatable bonds is 11. The molecular weight excluding hydrogens is 544 g/mol. The maximum atomic E-state index is 13.3. The molecule has 0 fully saturated rings. The first-order valence-electron chi connectivity index (χ1n) is 14.3. The largest absolute Gasteiger partial charge is 0.444 e. The normalized spacial score (nSPS) is 11.1. The minimum absolute atomic E-state index is 0.188. The molecule has 3 rings (SSSR count). The molecule has 0 atom stereocenters. The van der Waals surface area contributed by atoms with Crippen LogP contribution in [-0.4, -0.2) is 74.7 Å². The molecule has 43 heavy (non-hydrogen) atoms. The van der Waals surface area contributed by atoms with E-state index in [1.807, 2.05) is 69.5 Å². The first-order chi connectivity index (χ1) is 20.3. The van der Waals surface area contributed by atoms with Gasteiger partial charge in [0.05, 0.1) is 11.4 Å². The Balaban J connectivity index is 1.67. The number of hydrogen-bond donors (Lipinski definition) is 3. The van der Waals surface area contributed by atoms with Crippen LogP contribution in [0.2, 0.25) is 0 Å². The molecule has 3 N–H and O–H groups in total. The van der Waals surface area contributed by atoms with Gasteiger partial charge in [0.25, 0.3) is 5.91 Å². The first kappa shape index (κ1) is 32.9. The Hall–Kier alpha value is -4.57. The molecule has 3 aromatic rings. The molecular formula is C33H44N6O4.